The van der Waals surface area contributed by atoms with Gasteiger partial charge in [0.05, 0.1) is 5.56 Å². The summed E-state index contributed by atoms with van der Waals surface area (Å²) >= 11 is 9.37. The van der Waals surface area contributed by atoms with Gasteiger partial charge in [-0.05, 0) is 24.6 Å². The van der Waals surface area contributed by atoms with Gasteiger partial charge in [0.25, 0.3) is 0 Å². The molecule has 5 heteroatoms. The molecular weight excluding hydrogens is 354 g/mol. The van der Waals surface area contributed by atoms with Gasteiger partial charge in [-0.15, -0.1) is 0 Å². The minimum absolute atomic E-state index is 0.212. The first-order chi connectivity index (χ1) is 10.1. The molecule has 3 nitrogen and oxygen atoms in total. The van der Waals surface area contributed by atoms with Crippen LogP contribution in [0.25, 0.3) is 0 Å². The molecule has 21 heavy (non-hydrogen) atoms. The molecule has 0 aliphatic heterocycles. The number of esters is 1. The maximum Gasteiger partial charge on any atom is 0.338 e. The molecule has 110 valence electrons. The second-order valence-corrected chi connectivity index (χ2v) is 5.83. The summed E-state index contributed by atoms with van der Waals surface area (Å²) in [6.45, 7) is 2.26. The molecule has 1 aromatic carbocycles. The molecule has 0 bridgehead atoms. The Hall–Kier alpha value is -1.39. The largest absolute Gasteiger partial charge is 0.457 e. The van der Waals surface area contributed by atoms with Crippen molar-refractivity contribution < 1.29 is 9.53 Å². The first kappa shape index (κ1) is 16.0. The SMILES string of the molecule is CCCc1cc(C(=O)OCc2ccccc2Br)cc(Cl)n1. The van der Waals surface area contributed by atoms with Crippen LogP contribution in [0.15, 0.2) is 40.9 Å². The highest BCUT2D eigenvalue weighted by atomic mass is 79.9. The van der Waals surface area contributed by atoms with Gasteiger partial charge in [-0.1, -0.05) is 59.1 Å². The number of hydrogen-bond acceptors (Lipinski definition) is 3. The lowest BCUT2D eigenvalue weighted by molar-refractivity contribution is 0.0471. The van der Waals surface area contributed by atoms with Crippen molar-refractivity contribution in [2.75, 3.05) is 0 Å². The molecule has 0 atom stereocenters. The molecule has 0 saturated carbocycles. The third-order valence-electron chi connectivity index (χ3n) is 2.91. The van der Waals surface area contributed by atoms with Gasteiger partial charge < -0.3 is 4.74 Å². The van der Waals surface area contributed by atoms with E-state index in [-0.39, 0.29) is 6.61 Å². The van der Waals surface area contributed by atoms with Crippen LogP contribution < -0.4 is 0 Å². The molecule has 2 rings (SSSR count). The number of aryl methyl sites for hydroxylation is 1. The average Bonchev–Trinajstić information content (AvgIpc) is 2.46. The van der Waals surface area contributed by atoms with E-state index in [1.165, 1.54) is 6.07 Å². The number of carbonyl (C=O) groups excluding carboxylic acids is 1. The van der Waals surface area contributed by atoms with E-state index in [0.717, 1.165) is 28.6 Å². The summed E-state index contributed by atoms with van der Waals surface area (Å²) < 4.78 is 6.24. The predicted octanol–water partition coefficient (Wildman–Crippen LogP) is 4.81. The number of pyridine rings is 1. The van der Waals surface area contributed by atoms with Crippen molar-refractivity contribution in [3.05, 3.63) is 62.8 Å². The zero-order valence-electron chi connectivity index (χ0n) is 11.6. The Kier molecular flexibility index (Phi) is 5.76. The van der Waals surface area contributed by atoms with Crippen molar-refractivity contribution in [1.29, 1.82) is 0 Å². The fraction of sp³-hybridized carbons (Fsp3) is 0.250. The first-order valence-corrected chi connectivity index (χ1v) is 7.84. The number of hydrogen-bond donors (Lipinski definition) is 0. The predicted molar refractivity (Wildman–Crippen MR) is 86.5 cm³/mol. The molecule has 0 N–H and O–H groups in total. The summed E-state index contributed by atoms with van der Waals surface area (Å²) in [4.78, 5) is 16.3. The Labute approximate surface area is 137 Å². The second-order valence-electron chi connectivity index (χ2n) is 4.59. The van der Waals surface area contributed by atoms with E-state index in [1.54, 1.807) is 6.07 Å². The van der Waals surface area contributed by atoms with Gasteiger partial charge in [0.1, 0.15) is 11.8 Å². The Morgan fingerprint density at radius 2 is 2.10 bits per heavy atom. The molecule has 0 fully saturated rings. The number of rotatable bonds is 5. The van der Waals surface area contributed by atoms with Gasteiger partial charge in [-0.25, -0.2) is 9.78 Å². The van der Waals surface area contributed by atoms with Gasteiger partial charge in [0.15, 0.2) is 0 Å². The third-order valence-corrected chi connectivity index (χ3v) is 3.87. The summed E-state index contributed by atoms with van der Waals surface area (Å²) in [5, 5.41) is 0.314. The zero-order chi connectivity index (χ0) is 15.2. The summed E-state index contributed by atoms with van der Waals surface area (Å²) in [6, 6.07) is 10.9. The lowest BCUT2D eigenvalue weighted by atomic mass is 10.1. The van der Waals surface area contributed by atoms with Crippen molar-refractivity contribution >= 4 is 33.5 Å². The normalized spacial score (nSPS) is 10.4. The molecule has 2 aromatic rings. The number of nitrogens with zero attached hydrogens (tertiary/aromatic N) is 1. The fourth-order valence-electron chi connectivity index (χ4n) is 1.90. The van der Waals surface area contributed by atoms with Crippen LogP contribution in [0.3, 0.4) is 0 Å². The Morgan fingerprint density at radius 1 is 1.33 bits per heavy atom. The summed E-state index contributed by atoms with van der Waals surface area (Å²) in [6.07, 6.45) is 1.73. The molecule has 1 heterocycles. The van der Waals surface area contributed by atoms with Gasteiger partial charge in [0.2, 0.25) is 0 Å². The first-order valence-electron chi connectivity index (χ1n) is 6.67. The van der Waals surface area contributed by atoms with Gasteiger partial charge in [-0.2, -0.15) is 0 Å². The lowest BCUT2D eigenvalue weighted by Crippen LogP contribution is -2.07. The van der Waals surface area contributed by atoms with Crippen LogP contribution in [-0.4, -0.2) is 11.0 Å². The highest BCUT2D eigenvalue weighted by molar-refractivity contribution is 9.10. The molecule has 0 spiro atoms. The second kappa shape index (κ2) is 7.57. The monoisotopic (exact) mass is 367 g/mol. The minimum Gasteiger partial charge on any atom is -0.457 e. The molecule has 1 aromatic heterocycles. The molecule has 0 aliphatic rings. The standard InChI is InChI=1S/C16H15BrClNO2/c1-2-5-13-8-12(9-15(18)19-13)16(20)21-10-11-6-3-4-7-14(11)17/h3-4,6-9H,2,5,10H2,1H3. The van der Waals surface area contributed by atoms with E-state index in [4.69, 9.17) is 16.3 Å². The highest BCUT2D eigenvalue weighted by Crippen LogP contribution is 2.18. The number of benzene rings is 1. The van der Waals surface area contributed by atoms with Crippen LogP contribution in [0.2, 0.25) is 5.15 Å². The van der Waals surface area contributed by atoms with Crippen LogP contribution in [-0.2, 0) is 17.8 Å². The van der Waals surface area contributed by atoms with Crippen LogP contribution >= 0.6 is 27.5 Å². The van der Waals surface area contributed by atoms with E-state index in [0.29, 0.717) is 10.7 Å². The number of halogens is 2. The highest BCUT2D eigenvalue weighted by Gasteiger charge is 2.11. The smallest absolute Gasteiger partial charge is 0.338 e. The zero-order valence-corrected chi connectivity index (χ0v) is 13.9. The molecule has 0 unspecified atom stereocenters. The fourth-order valence-corrected chi connectivity index (χ4v) is 2.52. The average molecular weight is 369 g/mol. The van der Waals surface area contributed by atoms with E-state index >= 15 is 0 Å². The summed E-state index contributed by atoms with van der Waals surface area (Å²) in [5.74, 6) is -0.396. The van der Waals surface area contributed by atoms with Crippen LogP contribution in [0.1, 0.15) is 35.0 Å². The number of aromatic nitrogens is 1. The van der Waals surface area contributed by atoms with Crippen LogP contribution in [0.4, 0.5) is 0 Å². The quantitative estimate of drug-likeness (QED) is 0.562. The number of carbonyl (C=O) groups is 1. The van der Waals surface area contributed by atoms with E-state index in [2.05, 4.69) is 20.9 Å². The van der Waals surface area contributed by atoms with E-state index in [1.807, 2.05) is 31.2 Å². The maximum atomic E-state index is 12.1. The summed E-state index contributed by atoms with van der Waals surface area (Å²) in [5.41, 5.74) is 2.16. The van der Waals surface area contributed by atoms with Crippen LogP contribution in [0, 0.1) is 0 Å². The van der Waals surface area contributed by atoms with Crippen molar-refractivity contribution in [3.8, 4) is 0 Å². The molecule has 0 saturated heterocycles. The third kappa shape index (κ3) is 4.55. The van der Waals surface area contributed by atoms with Crippen molar-refractivity contribution in [2.24, 2.45) is 0 Å². The maximum absolute atomic E-state index is 12.1. The van der Waals surface area contributed by atoms with Gasteiger partial charge in [-0.3, -0.25) is 0 Å². The Bertz CT molecular complexity index is 646. The Balaban J connectivity index is 2.08. The van der Waals surface area contributed by atoms with Crippen LogP contribution in [0.5, 0.6) is 0 Å². The molecule has 0 amide bonds. The molecule has 0 radical (unpaired) electrons. The number of ether oxygens (including phenoxy) is 1. The summed E-state index contributed by atoms with van der Waals surface area (Å²) in [7, 11) is 0. The van der Waals surface area contributed by atoms with Crippen molar-refractivity contribution in [1.82, 2.24) is 4.98 Å². The van der Waals surface area contributed by atoms with Crippen molar-refractivity contribution in [2.45, 2.75) is 26.4 Å². The van der Waals surface area contributed by atoms with Crippen molar-refractivity contribution in [3.63, 3.8) is 0 Å². The van der Waals surface area contributed by atoms with E-state index in [9.17, 15) is 4.79 Å². The van der Waals surface area contributed by atoms with Gasteiger partial charge >= 0.3 is 5.97 Å². The topological polar surface area (TPSA) is 39.2 Å². The minimum atomic E-state index is -0.396. The molecule has 0 aliphatic carbocycles. The van der Waals surface area contributed by atoms with Gasteiger partial charge in [0, 0.05) is 15.7 Å². The Morgan fingerprint density at radius 3 is 2.81 bits per heavy atom. The molecular formula is C16H15BrClNO2. The lowest BCUT2D eigenvalue weighted by Gasteiger charge is -2.08. The van der Waals surface area contributed by atoms with E-state index < -0.39 is 5.97 Å².